The molecule has 1 aromatic carbocycles. The summed E-state index contributed by atoms with van der Waals surface area (Å²) in [5.41, 5.74) is -0.119. The van der Waals surface area contributed by atoms with Gasteiger partial charge in [-0.15, -0.1) is 0 Å². The minimum Gasteiger partial charge on any atom is -0.327 e. The van der Waals surface area contributed by atoms with E-state index in [1.807, 2.05) is 12.1 Å². The lowest BCUT2D eigenvalue weighted by Gasteiger charge is -1.99. The maximum atomic E-state index is 11.3. The summed E-state index contributed by atoms with van der Waals surface area (Å²) in [6.45, 7) is 0. The van der Waals surface area contributed by atoms with Crippen LogP contribution >= 0.6 is 27.5 Å². The first kappa shape index (κ1) is 8.78. The summed E-state index contributed by atoms with van der Waals surface area (Å²) in [6, 6.07) is 5.38. The number of nitrogens with one attached hydrogen (secondary N) is 1. The van der Waals surface area contributed by atoms with Gasteiger partial charge in [-0.25, -0.2) is 0 Å². The first-order valence-electron chi connectivity index (χ1n) is 3.65. The molecule has 1 aromatic heterocycles. The fraction of sp³-hybridized carbons (Fsp3) is 0. The SMILES string of the molecule is O=c1[nH]cc(Cl)c2cc(Br)ccc12. The highest BCUT2D eigenvalue weighted by Gasteiger charge is 2.02. The Morgan fingerprint density at radius 2 is 2.08 bits per heavy atom. The van der Waals surface area contributed by atoms with Crippen LogP contribution in [0, 0.1) is 0 Å². The second-order valence-corrected chi connectivity index (χ2v) is 3.98. The maximum Gasteiger partial charge on any atom is 0.255 e. The monoisotopic (exact) mass is 257 g/mol. The molecular formula is C9H5BrClNO. The fourth-order valence-electron chi connectivity index (χ4n) is 1.20. The van der Waals surface area contributed by atoms with E-state index < -0.39 is 0 Å². The average Bonchev–Trinajstić information content (AvgIpc) is 2.12. The van der Waals surface area contributed by atoms with Crippen LogP contribution in [0.3, 0.4) is 0 Å². The van der Waals surface area contributed by atoms with Crippen molar-refractivity contribution in [3.8, 4) is 0 Å². The van der Waals surface area contributed by atoms with Gasteiger partial charge in [0.2, 0.25) is 0 Å². The van der Waals surface area contributed by atoms with Crippen molar-refractivity contribution in [1.82, 2.24) is 4.98 Å². The van der Waals surface area contributed by atoms with Crippen molar-refractivity contribution in [1.29, 1.82) is 0 Å². The molecule has 0 amide bonds. The first-order valence-corrected chi connectivity index (χ1v) is 4.82. The van der Waals surface area contributed by atoms with Crippen molar-refractivity contribution in [3.05, 3.63) is 44.2 Å². The topological polar surface area (TPSA) is 32.9 Å². The summed E-state index contributed by atoms with van der Waals surface area (Å²) in [7, 11) is 0. The van der Waals surface area contributed by atoms with Gasteiger partial charge < -0.3 is 4.98 Å². The summed E-state index contributed by atoms with van der Waals surface area (Å²) in [5, 5.41) is 1.92. The van der Waals surface area contributed by atoms with Gasteiger partial charge in [-0.1, -0.05) is 27.5 Å². The van der Waals surface area contributed by atoms with Gasteiger partial charge in [-0.05, 0) is 18.2 Å². The Kier molecular flexibility index (Phi) is 2.14. The molecular weight excluding hydrogens is 253 g/mol. The van der Waals surface area contributed by atoms with Gasteiger partial charge in [-0.2, -0.15) is 0 Å². The Hall–Kier alpha value is -0.800. The van der Waals surface area contributed by atoms with E-state index in [0.29, 0.717) is 10.4 Å². The molecule has 0 radical (unpaired) electrons. The molecule has 1 heterocycles. The third-order valence-corrected chi connectivity index (χ3v) is 2.62. The molecule has 0 aliphatic rings. The number of hydrogen-bond acceptors (Lipinski definition) is 1. The predicted molar refractivity (Wildman–Crippen MR) is 57.3 cm³/mol. The van der Waals surface area contributed by atoms with Crippen LogP contribution in [-0.2, 0) is 0 Å². The van der Waals surface area contributed by atoms with Crippen molar-refractivity contribution >= 4 is 38.3 Å². The summed E-state index contributed by atoms with van der Waals surface area (Å²) < 4.78 is 0.910. The Labute approximate surface area is 87.7 Å². The van der Waals surface area contributed by atoms with Crippen molar-refractivity contribution in [2.45, 2.75) is 0 Å². The summed E-state index contributed by atoms with van der Waals surface area (Å²) in [5.74, 6) is 0. The average molecular weight is 259 g/mol. The predicted octanol–water partition coefficient (Wildman–Crippen LogP) is 2.94. The molecule has 2 rings (SSSR count). The number of aromatic nitrogens is 1. The lowest BCUT2D eigenvalue weighted by molar-refractivity contribution is 1.28. The number of pyridine rings is 1. The van der Waals surface area contributed by atoms with Gasteiger partial charge >= 0.3 is 0 Å². The summed E-state index contributed by atoms with van der Waals surface area (Å²) in [6.07, 6.45) is 1.50. The van der Waals surface area contributed by atoms with Gasteiger partial charge in [0.15, 0.2) is 0 Å². The van der Waals surface area contributed by atoms with Gasteiger partial charge in [0.1, 0.15) is 0 Å². The highest BCUT2D eigenvalue weighted by atomic mass is 79.9. The van der Waals surface area contributed by atoms with Gasteiger partial charge in [0, 0.05) is 21.4 Å². The van der Waals surface area contributed by atoms with E-state index in [-0.39, 0.29) is 5.56 Å². The van der Waals surface area contributed by atoms with Crippen LogP contribution in [0.25, 0.3) is 10.8 Å². The Balaban J connectivity index is 3.01. The van der Waals surface area contributed by atoms with E-state index in [1.165, 1.54) is 6.20 Å². The Bertz CT molecular complexity index is 520. The number of benzene rings is 1. The molecule has 2 aromatic rings. The molecule has 0 fully saturated rings. The van der Waals surface area contributed by atoms with E-state index >= 15 is 0 Å². The summed E-state index contributed by atoms with van der Waals surface area (Å²) >= 11 is 9.23. The molecule has 66 valence electrons. The van der Waals surface area contributed by atoms with Crippen molar-refractivity contribution in [3.63, 3.8) is 0 Å². The van der Waals surface area contributed by atoms with Crippen LogP contribution in [0.5, 0.6) is 0 Å². The lowest BCUT2D eigenvalue weighted by Crippen LogP contribution is -2.04. The molecule has 0 atom stereocenters. The lowest BCUT2D eigenvalue weighted by atomic mass is 10.2. The Morgan fingerprint density at radius 3 is 2.85 bits per heavy atom. The summed E-state index contributed by atoms with van der Waals surface area (Å²) in [4.78, 5) is 13.9. The van der Waals surface area contributed by atoms with Gasteiger partial charge in [0.25, 0.3) is 5.56 Å². The number of fused-ring (bicyclic) bond motifs is 1. The smallest absolute Gasteiger partial charge is 0.255 e. The van der Waals surface area contributed by atoms with Crippen molar-refractivity contribution in [2.75, 3.05) is 0 Å². The zero-order valence-electron chi connectivity index (χ0n) is 6.47. The maximum absolute atomic E-state index is 11.3. The van der Waals surface area contributed by atoms with Crippen LogP contribution in [-0.4, -0.2) is 4.98 Å². The molecule has 2 nitrogen and oxygen atoms in total. The van der Waals surface area contributed by atoms with Crippen LogP contribution in [0.2, 0.25) is 5.02 Å². The largest absolute Gasteiger partial charge is 0.327 e. The van der Waals surface area contributed by atoms with Crippen LogP contribution in [0.1, 0.15) is 0 Å². The molecule has 0 aliphatic heterocycles. The van der Waals surface area contributed by atoms with Crippen LogP contribution in [0.15, 0.2) is 33.7 Å². The molecule has 0 saturated carbocycles. The molecule has 0 spiro atoms. The molecule has 0 aliphatic carbocycles. The molecule has 0 unspecified atom stereocenters. The van der Waals surface area contributed by atoms with E-state index in [1.54, 1.807) is 6.07 Å². The molecule has 13 heavy (non-hydrogen) atoms. The van der Waals surface area contributed by atoms with E-state index in [9.17, 15) is 4.79 Å². The normalized spacial score (nSPS) is 10.6. The molecule has 1 N–H and O–H groups in total. The van der Waals surface area contributed by atoms with Crippen molar-refractivity contribution < 1.29 is 0 Å². The Morgan fingerprint density at radius 1 is 1.31 bits per heavy atom. The fourth-order valence-corrected chi connectivity index (χ4v) is 1.77. The molecule has 4 heteroatoms. The van der Waals surface area contributed by atoms with E-state index in [0.717, 1.165) is 9.86 Å². The minimum absolute atomic E-state index is 0.119. The number of aromatic amines is 1. The highest BCUT2D eigenvalue weighted by Crippen LogP contribution is 2.23. The van der Waals surface area contributed by atoms with Gasteiger partial charge in [-0.3, -0.25) is 4.79 Å². The third kappa shape index (κ3) is 1.49. The number of rotatable bonds is 0. The second kappa shape index (κ2) is 3.16. The molecule has 0 saturated heterocycles. The number of H-pyrrole nitrogens is 1. The van der Waals surface area contributed by atoms with E-state index in [2.05, 4.69) is 20.9 Å². The zero-order chi connectivity index (χ0) is 9.42. The standard InChI is InChI=1S/C9H5BrClNO/c10-5-1-2-6-7(3-5)8(11)4-12-9(6)13/h1-4H,(H,12,13). The number of halogens is 2. The van der Waals surface area contributed by atoms with Crippen LogP contribution < -0.4 is 5.56 Å². The quantitative estimate of drug-likeness (QED) is 0.774. The number of hydrogen-bond donors (Lipinski definition) is 1. The van der Waals surface area contributed by atoms with Gasteiger partial charge in [0.05, 0.1) is 5.02 Å². The second-order valence-electron chi connectivity index (χ2n) is 2.66. The molecule has 0 bridgehead atoms. The highest BCUT2D eigenvalue weighted by molar-refractivity contribution is 9.10. The minimum atomic E-state index is -0.119. The zero-order valence-corrected chi connectivity index (χ0v) is 8.82. The first-order chi connectivity index (χ1) is 6.18. The van der Waals surface area contributed by atoms with Crippen molar-refractivity contribution in [2.24, 2.45) is 0 Å². The van der Waals surface area contributed by atoms with E-state index in [4.69, 9.17) is 11.6 Å². The van der Waals surface area contributed by atoms with Crippen LogP contribution in [0.4, 0.5) is 0 Å². The third-order valence-electron chi connectivity index (χ3n) is 1.81.